The van der Waals surface area contributed by atoms with Crippen molar-refractivity contribution in [3.8, 4) is 0 Å². The van der Waals surface area contributed by atoms with Crippen LogP contribution in [0.2, 0.25) is 0 Å². The van der Waals surface area contributed by atoms with Crippen LogP contribution in [0, 0.1) is 0 Å². The van der Waals surface area contributed by atoms with Crippen LogP contribution in [0.5, 0.6) is 0 Å². The smallest absolute Gasteiger partial charge is 0.265 e. The zero-order valence-electron chi connectivity index (χ0n) is 7.17. The first-order valence-electron chi connectivity index (χ1n) is 3.83. The highest BCUT2D eigenvalue weighted by Crippen LogP contribution is 2.26. The van der Waals surface area contributed by atoms with E-state index < -0.39 is 6.43 Å². The Morgan fingerprint density at radius 1 is 1.50 bits per heavy atom. The lowest BCUT2D eigenvalue weighted by molar-refractivity contribution is 0.150. The summed E-state index contributed by atoms with van der Waals surface area (Å²) in [7, 11) is 0. The van der Waals surface area contributed by atoms with Crippen LogP contribution >= 0.6 is 15.9 Å². The summed E-state index contributed by atoms with van der Waals surface area (Å²) in [5, 5.41) is 9.03. The maximum Gasteiger partial charge on any atom is 0.265 e. The molecule has 0 saturated heterocycles. The van der Waals surface area contributed by atoms with Gasteiger partial charge in [0.25, 0.3) is 6.43 Å². The van der Waals surface area contributed by atoms with E-state index in [1.807, 2.05) is 0 Å². The molecule has 0 saturated carbocycles. The second kappa shape index (κ2) is 4.65. The number of nitrogen functional groups attached to an aromatic ring is 1. The van der Waals surface area contributed by atoms with Crippen LogP contribution < -0.4 is 5.73 Å². The molecule has 6 heteroatoms. The molecule has 0 aliphatic rings. The Bertz CT molecular complexity index is 333. The normalized spacial score (nSPS) is 10.9. The quantitative estimate of drug-likeness (QED) is 0.823. The van der Waals surface area contributed by atoms with Crippen molar-refractivity contribution in [2.45, 2.75) is 18.4 Å². The lowest BCUT2D eigenvalue weighted by atomic mass is 10.1. The summed E-state index contributed by atoms with van der Waals surface area (Å²) in [6, 6.07) is 1.15. The van der Waals surface area contributed by atoms with Crippen LogP contribution in [-0.2, 0) is 11.9 Å². The highest BCUT2D eigenvalue weighted by Gasteiger charge is 2.16. The topological polar surface area (TPSA) is 59.1 Å². The zero-order valence-corrected chi connectivity index (χ0v) is 8.76. The third-order valence-corrected chi connectivity index (χ3v) is 2.29. The van der Waals surface area contributed by atoms with Gasteiger partial charge in [0.05, 0.1) is 23.7 Å². The second-order valence-electron chi connectivity index (χ2n) is 2.65. The van der Waals surface area contributed by atoms with Crippen LogP contribution in [0.25, 0.3) is 0 Å². The van der Waals surface area contributed by atoms with E-state index in [0.29, 0.717) is 0 Å². The second-order valence-corrected chi connectivity index (χ2v) is 3.21. The molecule has 0 unspecified atom stereocenters. The van der Waals surface area contributed by atoms with E-state index in [0.717, 1.165) is 6.07 Å². The van der Waals surface area contributed by atoms with Gasteiger partial charge in [-0.05, 0) is 6.07 Å². The third-order valence-electron chi connectivity index (χ3n) is 1.76. The highest BCUT2D eigenvalue weighted by atomic mass is 79.9. The zero-order chi connectivity index (χ0) is 10.7. The minimum atomic E-state index is -2.61. The van der Waals surface area contributed by atoms with E-state index in [9.17, 15) is 8.78 Å². The fourth-order valence-electron chi connectivity index (χ4n) is 1.05. The lowest BCUT2D eigenvalue weighted by Gasteiger charge is -2.09. The molecule has 0 aliphatic heterocycles. The first kappa shape index (κ1) is 11.3. The molecule has 0 atom stereocenters. The molecule has 0 spiro atoms. The summed E-state index contributed by atoms with van der Waals surface area (Å²) in [5.74, 6) is 0. The Labute approximate surface area is 88.1 Å². The SMILES string of the molecule is Nc1cc(C(F)F)c(CBr)nc1CO. The first-order chi connectivity index (χ1) is 6.60. The molecule has 1 heterocycles. The van der Waals surface area contributed by atoms with Gasteiger partial charge in [-0.25, -0.2) is 8.78 Å². The van der Waals surface area contributed by atoms with E-state index >= 15 is 0 Å². The molecule has 1 aromatic rings. The molecule has 14 heavy (non-hydrogen) atoms. The summed E-state index contributed by atoms with van der Waals surface area (Å²) in [4.78, 5) is 3.83. The minimum absolute atomic E-state index is 0.0903. The van der Waals surface area contributed by atoms with Crippen molar-refractivity contribution in [1.29, 1.82) is 0 Å². The third kappa shape index (κ3) is 2.19. The number of hydrogen-bond donors (Lipinski definition) is 2. The number of nitrogens with two attached hydrogens (primary N) is 1. The monoisotopic (exact) mass is 266 g/mol. The average molecular weight is 267 g/mol. The Kier molecular flexibility index (Phi) is 3.77. The van der Waals surface area contributed by atoms with Gasteiger partial charge in [0.1, 0.15) is 0 Å². The maximum absolute atomic E-state index is 12.5. The average Bonchev–Trinajstić information content (AvgIpc) is 2.17. The van der Waals surface area contributed by atoms with Crippen LogP contribution in [0.15, 0.2) is 6.07 Å². The minimum Gasteiger partial charge on any atom is -0.397 e. The largest absolute Gasteiger partial charge is 0.397 e. The van der Waals surface area contributed by atoms with E-state index in [1.165, 1.54) is 0 Å². The fraction of sp³-hybridized carbons (Fsp3) is 0.375. The maximum atomic E-state index is 12.5. The molecule has 1 aromatic heterocycles. The highest BCUT2D eigenvalue weighted by molar-refractivity contribution is 9.08. The number of rotatable bonds is 3. The molecule has 0 aromatic carbocycles. The van der Waals surface area contributed by atoms with Gasteiger partial charge in [0, 0.05) is 10.9 Å². The molecule has 3 N–H and O–H groups in total. The standard InChI is InChI=1S/C8H9BrF2N2O/c9-2-6-4(8(10)11)1-5(12)7(3-14)13-6/h1,8,14H,2-3,12H2. The van der Waals surface area contributed by atoms with Crippen molar-refractivity contribution in [2.24, 2.45) is 0 Å². The Balaban J connectivity index is 3.24. The number of aromatic nitrogens is 1. The van der Waals surface area contributed by atoms with E-state index in [1.54, 1.807) is 0 Å². The van der Waals surface area contributed by atoms with Crippen LogP contribution in [0.3, 0.4) is 0 Å². The van der Waals surface area contributed by atoms with Gasteiger partial charge in [-0.3, -0.25) is 4.98 Å². The number of pyridine rings is 1. The summed E-state index contributed by atoms with van der Waals surface area (Å²) in [5.41, 5.74) is 5.75. The fourth-order valence-corrected chi connectivity index (χ4v) is 1.50. The summed E-state index contributed by atoms with van der Waals surface area (Å²) < 4.78 is 24.9. The van der Waals surface area contributed by atoms with E-state index in [-0.39, 0.29) is 34.6 Å². The van der Waals surface area contributed by atoms with Gasteiger partial charge in [-0.2, -0.15) is 0 Å². The Hall–Kier alpha value is -0.750. The first-order valence-corrected chi connectivity index (χ1v) is 4.95. The summed E-state index contributed by atoms with van der Waals surface area (Å²) >= 11 is 3.05. The molecule has 0 aliphatic carbocycles. The van der Waals surface area contributed by atoms with E-state index in [2.05, 4.69) is 20.9 Å². The molecular formula is C8H9BrF2N2O. The molecule has 78 valence electrons. The number of alkyl halides is 3. The molecule has 0 amide bonds. The summed E-state index contributed by atoms with van der Waals surface area (Å²) in [6.45, 7) is -0.352. The van der Waals surface area contributed by atoms with Crippen molar-refractivity contribution in [2.75, 3.05) is 5.73 Å². The molecule has 0 bridgehead atoms. The number of aliphatic hydroxyl groups excluding tert-OH is 1. The van der Waals surface area contributed by atoms with Crippen molar-refractivity contribution in [1.82, 2.24) is 4.98 Å². The van der Waals surface area contributed by atoms with Crippen molar-refractivity contribution >= 4 is 21.6 Å². The van der Waals surface area contributed by atoms with Crippen molar-refractivity contribution in [3.63, 3.8) is 0 Å². The molecular weight excluding hydrogens is 258 g/mol. The Morgan fingerprint density at radius 3 is 2.57 bits per heavy atom. The molecule has 1 rings (SSSR count). The number of aliphatic hydroxyl groups is 1. The number of nitrogens with zero attached hydrogens (tertiary/aromatic N) is 1. The van der Waals surface area contributed by atoms with Crippen LogP contribution in [0.4, 0.5) is 14.5 Å². The van der Waals surface area contributed by atoms with Gasteiger partial charge in [-0.1, -0.05) is 15.9 Å². The molecule has 0 radical (unpaired) electrons. The van der Waals surface area contributed by atoms with Gasteiger partial charge in [0.15, 0.2) is 0 Å². The predicted octanol–water partition coefficient (Wildman–Crippen LogP) is 1.99. The van der Waals surface area contributed by atoms with Crippen molar-refractivity contribution in [3.05, 3.63) is 23.0 Å². The predicted molar refractivity (Wildman–Crippen MR) is 52.2 cm³/mol. The number of hydrogen-bond acceptors (Lipinski definition) is 3. The van der Waals surface area contributed by atoms with Gasteiger partial charge < -0.3 is 10.8 Å². The van der Waals surface area contributed by atoms with Gasteiger partial charge >= 0.3 is 0 Å². The van der Waals surface area contributed by atoms with E-state index in [4.69, 9.17) is 10.8 Å². The van der Waals surface area contributed by atoms with Crippen LogP contribution in [-0.4, -0.2) is 10.1 Å². The molecule has 3 nitrogen and oxygen atoms in total. The number of anilines is 1. The van der Waals surface area contributed by atoms with Gasteiger partial charge in [0.2, 0.25) is 0 Å². The van der Waals surface area contributed by atoms with Crippen molar-refractivity contribution < 1.29 is 13.9 Å². The molecule has 0 fully saturated rings. The number of halogens is 3. The Morgan fingerprint density at radius 2 is 2.14 bits per heavy atom. The van der Waals surface area contributed by atoms with Crippen LogP contribution in [0.1, 0.15) is 23.4 Å². The van der Waals surface area contributed by atoms with Gasteiger partial charge in [-0.15, -0.1) is 0 Å². The lowest BCUT2D eigenvalue weighted by Crippen LogP contribution is -2.05. The summed E-state index contributed by atoms with van der Waals surface area (Å²) in [6.07, 6.45) is -2.61.